The third kappa shape index (κ3) is 14.5. The van der Waals surface area contributed by atoms with Gasteiger partial charge in [0.15, 0.2) is 0 Å². The minimum atomic E-state index is -0.121. The van der Waals surface area contributed by atoms with Gasteiger partial charge in [-0.05, 0) is 24.8 Å². The first-order valence-corrected chi connectivity index (χ1v) is 14.8. The normalized spacial score (nSPS) is 18.0. The quantitative estimate of drug-likeness (QED) is 0.161. The zero-order valence-electron chi connectivity index (χ0n) is 22.5. The van der Waals surface area contributed by atoms with Crippen LogP contribution in [0.25, 0.3) is 0 Å². The second-order valence-electron chi connectivity index (χ2n) is 10.6. The van der Waals surface area contributed by atoms with Gasteiger partial charge < -0.3 is 14.8 Å². The Labute approximate surface area is 211 Å². The molecule has 34 heavy (non-hydrogen) atoms. The second kappa shape index (κ2) is 20.3. The molecule has 1 atom stereocenters. The summed E-state index contributed by atoms with van der Waals surface area (Å²) in [6.45, 7) is 6.54. The second-order valence-corrected chi connectivity index (χ2v) is 10.6. The van der Waals surface area contributed by atoms with Crippen LogP contribution in [0.5, 0.6) is 0 Å². The molecule has 0 radical (unpaired) electrons. The zero-order valence-corrected chi connectivity index (χ0v) is 22.5. The average Bonchev–Trinajstić information content (AvgIpc) is 3.33. The highest BCUT2D eigenvalue weighted by molar-refractivity contribution is 5.14. The van der Waals surface area contributed by atoms with Crippen LogP contribution in [0.4, 0.5) is 0 Å². The van der Waals surface area contributed by atoms with Crippen LogP contribution in [0.15, 0.2) is 30.3 Å². The van der Waals surface area contributed by atoms with E-state index in [2.05, 4.69) is 42.6 Å². The van der Waals surface area contributed by atoms with Gasteiger partial charge in [0.1, 0.15) is 5.60 Å². The van der Waals surface area contributed by atoms with Crippen molar-refractivity contribution in [2.24, 2.45) is 0 Å². The standard InChI is InChI=1S/C31H55NO2/c1-2-3-4-5-6-7-8-9-10-11-12-13-14-15-16-20-25-33-29-31(24-21-26-34-31)28-32-27-30-22-18-17-19-23-30/h17-19,22-23,32H,2-16,20-21,24-29H2,1H3/t31-/m0/s1. The summed E-state index contributed by atoms with van der Waals surface area (Å²) in [6.07, 6.45) is 24.8. The van der Waals surface area contributed by atoms with Gasteiger partial charge >= 0.3 is 0 Å². The summed E-state index contributed by atoms with van der Waals surface area (Å²) >= 11 is 0. The smallest absolute Gasteiger partial charge is 0.104 e. The van der Waals surface area contributed by atoms with Crippen LogP contribution in [-0.4, -0.2) is 32.0 Å². The van der Waals surface area contributed by atoms with Gasteiger partial charge in [0.2, 0.25) is 0 Å². The summed E-state index contributed by atoms with van der Waals surface area (Å²) in [5, 5.41) is 3.59. The molecule has 1 aromatic carbocycles. The third-order valence-electron chi connectivity index (χ3n) is 7.31. The highest BCUT2D eigenvalue weighted by Crippen LogP contribution is 2.26. The highest BCUT2D eigenvalue weighted by atomic mass is 16.5. The predicted molar refractivity (Wildman–Crippen MR) is 146 cm³/mol. The number of hydrogen-bond acceptors (Lipinski definition) is 3. The summed E-state index contributed by atoms with van der Waals surface area (Å²) in [5.74, 6) is 0. The average molecular weight is 474 g/mol. The Hall–Kier alpha value is -0.900. The van der Waals surface area contributed by atoms with Crippen LogP contribution in [0.3, 0.4) is 0 Å². The number of hydrogen-bond donors (Lipinski definition) is 1. The van der Waals surface area contributed by atoms with Crippen molar-refractivity contribution in [3.63, 3.8) is 0 Å². The van der Waals surface area contributed by atoms with Crippen molar-refractivity contribution in [2.45, 2.75) is 135 Å². The molecule has 1 aliphatic heterocycles. The lowest BCUT2D eigenvalue weighted by Gasteiger charge is -2.28. The Kier molecular flexibility index (Phi) is 17.5. The lowest BCUT2D eigenvalue weighted by Crippen LogP contribution is -2.44. The molecule has 0 aromatic heterocycles. The molecule has 1 fully saturated rings. The fraction of sp³-hybridized carbons (Fsp3) is 0.806. The molecule has 1 aliphatic rings. The van der Waals surface area contributed by atoms with Crippen molar-refractivity contribution in [1.82, 2.24) is 5.32 Å². The van der Waals surface area contributed by atoms with Crippen LogP contribution in [0, 0.1) is 0 Å². The third-order valence-corrected chi connectivity index (χ3v) is 7.31. The molecule has 0 spiro atoms. The molecule has 3 nitrogen and oxygen atoms in total. The van der Waals surface area contributed by atoms with Crippen LogP contribution >= 0.6 is 0 Å². The van der Waals surface area contributed by atoms with E-state index in [1.165, 1.54) is 108 Å². The first-order valence-electron chi connectivity index (χ1n) is 14.8. The number of rotatable bonds is 23. The number of ether oxygens (including phenoxy) is 2. The molecule has 3 heteroatoms. The van der Waals surface area contributed by atoms with E-state index >= 15 is 0 Å². The number of benzene rings is 1. The van der Waals surface area contributed by atoms with Gasteiger partial charge in [-0.2, -0.15) is 0 Å². The largest absolute Gasteiger partial charge is 0.378 e. The number of unbranched alkanes of at least 4 members (excludes halogenated alkanes) is 15. The monoisotopic (exact) mass is 473 g/mol. The van der Waals surface area contributed by atoms with Gasteiger partial charge in [-0.3, -0.25) is 0 Å². The molecule has 2 rings (SSSR count). The summed E-state index contributed by atoms with van der Waals surface area (Å²) in [7, 11) is 0. The maximum Gasteiger partial charge on any atom is 0.104 e. The summed E-state index contributed by atoms with van der Waals surface area (Å²) < 4.78 is 12.2. The van der Waals surface area contributed by atoms with Gasteiger partial charge in [-0.1, -0.05) is 134 Å². The van der Waals surface area contributed by atoms with E-state index < -0.39 is 0 Å². The van der Waals surface area contributed by atoms with Gasteiger partial charge in [0.05, 0.1) is 6.61 Å². The Morgan fingerprint density at radius 3 is 1.85 bits per heavy atom. The maximum absolute atomic E-state index is 6.12. The highest BCUT2D eigenvalue weighted by Gasteiger charge is 2.35. The van der Waals surface area contributed by atoms with E-state index in [0.29, 0.717) is 0 Å². The van der Waals surface area contributed by atoms with Crippen molar-refractivity contribution in [1.29, 1.82) is 0 Å². The summed E-state index contributed by atoms with van der Waals surface area (Å²) in [5.41, 5.74) is 1.20. The van der Waals surface area contributed by atoms with Gasteiger partial charge in [-0.25, -0.2) is 0 Å². The molecule has 1 aromatic rings. The molecule has 0 amide bonds. The fourth-order valence-corrected chi connectivity index (χ4v) is 5.10. The van der Waals surface area contributed by atoms with Gasteiger partial charge in [-0.15, -0.1) is 0 Å². The van der Waals surface area contributed by atoms with E-state index in [1.54, 1.807) is 0 Å². The molecular weight excluding hydrogens is 418 g/mol. The molecule has 1 saturated heterocycles. The van der Waals surface area contributed by atoms with E-state index in [1.807, 2.05) is 0 Å². The topological polar surface area (TPSA) is 30.5 Å². The molecule has 1 heterocycles. The minimum Gasteiger partial charge on any atom is -0.378 e. The Balaban J connectivity index is 1.35. The first-order chi connectivity index (χ1) is 16.8. The lowest BCUT2D eigenvalue weighted by molar-refractivity contribution is -0.0626. The molecular formula is C31H55NO2. The molecule has 1 N–H and O–H groups in total. The predicted octanol–water partition coefficient (Wildman–Crippen LogP) is 8.60. The van der Waals surface area contributed by atoms with Crippen LogP contribution in [0.2, 0.25) is 0 Å². The maximum atomic E-state index is 6.12. The van der Waals surface area contributed by atoms with E-state index in [-0.39, 0.29) is 5.60 Å². The molecule has 0 unspecified atom stereocenters. The van der Waals surface area contributed by atoms with E-state index in [4.69, 9.17) is 9.47 Å². The lowest BCUT2D eigenvalue weighted by atomic mass is 10.0. The van der Waals surface area contributed by atoms with Crippen LogP contribution in [0.1, 0.15) is 128 Å². The molecule has 196 valence electrons. The van der Waals surface area contributed by atoms with Crippen LogP contribution in [-0.2, 0) is 16.0 Å². The first kappa shape index (κ1) is 29.3. The zero-order chi connectivity index (χ0) is 24.0. The van der Waals surface area contributed by atoms with Crippen LogP contribution < -0.4 is 5.32 Å². The van der Waals surface area contributed by atoms with E-state index in [0.717, 1.165) is 45.8 Å². The van der Waals surface area contributed by atoms with Crippen molar-refractivity contribution in [3.05, 3.63) is 35.9 Å². The molecule has 0 saturated carbocycles. The fourth-order valence-electron chi connectivity index (χ4n) is 5.10. The van der Waals surface area contributed by atoms with Crippen molar-refractivity contribution in [3.8, 4) is 0 Å². The number of nitrogens with one attached hydrogen (secondary N) is 1. The Bertz CT molecular complexity index is 556. The van der Waals surface area contributed by atoms with Gasteiger partial charge in [0, 0.05) is 26.3 Å². The molecule has 0 aliphatic carbocycles. The van der Waals surface area contributed by atoms with Crippen molar-refractivity contribution in [2.75, 3.05) is 26.4 Å². The Morgan fingerprint density at radius 2 is 1.32 bits per heavy atom. The van der Waals surface area contributed by atoms with Gasteiger partial charge in [0.25, 0.3) is 0 Å². The van der Waals surface area contributed by atoms with E-state index in [9.17, 15) is 0 Å². The minimum absolute atomic E-state index is 0.121. The summed E-state index contributed by atoms with van der Waals surface area (Å²) in [6, 6.07) is 10.6. The van der Waals surface area contributed by atoms with Crippen molar-refractivity contribution < 1.29 is 9.47 Å². The molecule has 0 bridgehead atoms. The Morgan fingerprint density at radius 1 is 0.765 bits per heavy atom. The summed E-state index contributed by atoms with van der Waals surface area (Å²) in [4.78, 5) is 0. The SMILES string of the molecule is CCCCCCCCCCCCCCCCCCOC[C@@]1(CNCc2ccccc2)CCCO1. The van der Waals surface area contributed by atoms with Crippen molar-refractivity contribution >= 4 is 0 Å².